The topological polar surface area (TPSA) is 95.3 Å². The summed E-state index contributed by atoms with van der Waals surface area (Å²) in [6.07, 6.45) is 2.86. The number of halogens is 1. The third kappa shape index (κ3) is 5.69. The number of alkyl carbamates (subject to hydrolysis) is 1. The molecular weight excluding hydrogens is 384 g/mol. The summed E-state index contributed by atoms with van der Waals surface area (Å²) in [6, 6.07) is 1.38. The van der Waals surface area contributed by atoms with Gasteiger partial charge in [0.25, 0.3) is 0 Å². The highest BCUT2D eigenvalue weighted by Gasteiger charge is 2.21. The van der Waals surface area contributed by atoms with Crippen LogP contribution in [0.25, 0.3) is 11.3 Å². The Labute approximate surface area is 169 Å². The van der Waals surface area contributed by atoms with Crippen LogP contribution < -0.4 is 5.32 Å². The minimum atomic E-state index is -0.592. The highest BCUT2D eigenvalue weighted by Crippen LogP contribution is 2.25. The first kappa shape index (κ1) is 21.7. The molecule has 9 heteroatoms. The highest BCUT2D eigenvalue weighted by molar-refractivity contribution is 6.28. The molecule has 2 aromatic rings. The van der Waals surface area contributed by atoms with Crippen molar-refractivity contribution in [2.24, 2.45) is 0 Å². The van der Waals surface area contributed by atoms with Gasteiger partial charge in [-0.15, -0.1) is 0 Å². The zero-order valence-electron chi connectivity index (χ0n) is 16.9. The third-order valence-electron chi connectivity index (χ3n) is 3.74. The monoisotopic (exact) mass is 408 g/mol. The highest BCUT2D eigenvalue weighted by atomic mass is 35.5. The Morgan fingerprint density at radius 3 is 2.64 bits per heavy atom. The zero-order chi connectivity index (χ0) is 21.1. The molecule has 152 valence electrons. The molecule has 0 unspecified atom stereocenters. The van der Waals surface area contributed by atoms with E-state index >= 15 is 0 Å². The Morgan fingerprint density at radius 1 is 1.36 bits per heavy atom. The zero-order valence-corrected chi connectivity index (χ0v) is 17.6. The van der Waals surface area contributed by atoms with Gasteiger partial charge >= 0.3 is 12.1 Å². The molecule has 0 aromatic carbocycles. The summed E-state index contributed by atoms with van der Waals surface area (Å²) in [5.74, 6) is -0.492. The fourth-order valence-corrected chi connectivity index (χ4v) is 2.76. The van der Waals surface area contributed by atoms with Gasteiger partial charge in [0, 0.05) is 30.5 Å². The summed E-state index contributed by atoms with van der Waals surface area (Å²) in [5.41, 5.74) is 1.89. The molecule has 0 radical (unpaired) electrons. The number of rotatable bonds is 5. The number of hydrogen-bond acceptors (Lipinski definition) is 6. The SMILES string of the molecule is COC(=O)c1cc(-c2nc(Cl)ncc2C)cn1C[C@@H](C)NC(=O)OC(C)(C)C. The number of amides is 1. The first-order valence-electron chi connectivity index (χ1n) is 8.77. The van der Waals surface area contributed by atoms with Crippen LogP contribution in [-0.4, -0.2) is 45.4 Å². The summed E-state index contributed by atoms with van der Waals surface area (Å²) in [5, 5.41) is 2.88. The molecule has 1 amide bonds. The molecule has 8 nitrogen and oxygen atoms in total. The van der Waals surface area contributed by atoms with Gasteiger partial charge in [-0.05, 0) is 57.8 Å². The number of aryl methyl sites for hydroxylation is 1. The number of nitrogens with zero attached hydrogens (tertiary/aromatic N) is 3. The van der Waals surface area contributed by atoms with Crippen molar-refractivity contribution in [3.05, 3.63) is 35.0 Å². The van der Waals surface area contributed by atoms with Crippen LogP contribution in [0.2, 0.25) is 5.28 Å². The molecule has 2 rings (SSSR count). The van der Waals surface area contributed by atoms with Crippen molar-refractivity contribution >= 4 is 23.7 Å². The predicted octanol–water partition coefficient (Wildman–Crippen LogP) is 3.61. The lowest BCUT2D eigenvalue weighted by Gasteiger charge is -2.22. The van der Waals surface area contributed by atoms with Gasteiger partial charge < -0.3 is 19.4 Å². The number of carbonyl (C=O) groups is 2. The summed E-state index contributed by atoms with van der Waals surface area (Å²) < 4.78 is 11.9. The van der Waals surface area contributed by atoms with Gasteiger partial charge in [-0.25, -0.2) is 19.6 Å². The number of nitrogens with one attached hydrogen (secondary N) is 1. The average Bonchev–Trinajstić information content (AvgIpc) is 2.97. The molecule has 0 saturated heterocycles. The van der Waals surface area contributed by atoms with Crippen molar-refractivity contribution in [3.8, 4) is 11.3 Å². The van der Waals surface area contributed by atoms with Crippen LogP contribution in [0.3, 0.4) is 0 Å². The van der Waals surface area contributed by atoms with Gasteiger partial charge in [0.05, 0.1) is 12.8 Å². The molecule has 28 heavy (non-hydrogen) atoms. The maximum absolute atomic E-state index is 12.2. The Morgan fingerprint density at radius 2 is 2.04 bits per heavy atom. The smallest absolute Gasteiger partial charge is 0.407 e. The van der Waals surface area contributed by atoms with E-state index in [2.05, 4.69) is 15.3 Å². The largest absolute Gasteiger partial charge is 0.464 e. The van der Waals surface area contributed by atoms with Crippen molar-refractivity contribution in [2.45, 2.75) is 52.8 Å². The van der Waals surface area contributed by atoms with Crippen LogP contribution in [0.4, 0.5) is 4.79 Å². The normalized spacial score (nSPS) is 12.4. The number of ether oxygens (including phenoxy) is 2. The molecular formula is C19H25ClN4O4. The van der Waals surface area contributed by atoms with Crippen LogP contribution in [0.5, 0.6) is 0 Å². The summed E-state index contributed by atoms with van der Waals surface area (Å²) >= 11 is 5.92. The number of aromatic nitrogens is 3. The van der Waals surface area contributed by atoms with E-state index in [1.165, 1.54) is 7.11 Å². The minimum absolute atomic E-state index is 0.118. The van der Waals surface area contributed by atoms with Crippen LogP contribution in [0.15, 0.2) is 18.5 Å². The Bertz CT molecular complexity index is 873. The van der Waals surface area contributed by atoms with Gasteiger partial charge in [0.15, 0.2) is 0 Å². The summed E-state index contributed by atoms with van der Waals surface area (Å²) in [4.78, 5) is 32.4. The second-order valence-electron chi connectivity index (χ2n) is 7.48. The van der Waals surface area contributed by atoms with Crippen LogP contribution in [0.1, 0.15) is 43.7 Å². The van der Waals surface area contributed by atoms with Crippen molar-refractivity contribution in [2.75, 3.05) is 7.11 Å². The van der Waals surface area contributed by atoms with E-state index in [4.69, 9.17) is 21.1 Å². The van der Waals surface area contributed by atoms with E-state index in [0.717, 1.165) is 5.56 Å². The lowest BCUT2D eigenvalue weighted by Crippen LogP contribution is -2.39. The van der Waals surface area contributed by atoms with Crippen LogP contribution in [-0.2, 0) is 16.0 Å². The Hall–Kier alpha value is -2.61. The van der Waals surface area contributed by atoms with E-state index in [1.807, 2.05) is 13.8 Å². The lowest BCUT2D eigenvalue weighted by atomic mass is 10.1. The second kappa shape index (κ2) is 8.60. The molecule has 1 N–H and O–H groups in total. The van der Waals surface area contributed by atoms with Gasteiger partial charge in [0.1, 0.15) is 11.3 Å². The Kier molecular flexibility index (Phi) is 6.66. The number of methoxy groups -OCH3 is 1. The molecule has 0 bridgehead atoms. The quantitative estimate of drug-likeness (QED) is 0.599. The third-order valence-corrected chi connectivity index (χ3v) is 3.92. The fourth-order valence-electron chi connectivity index (χ4n) is 2.63. The van der Waals surface area contributed by atoms with E-state index < -0.39 is 17.7 Å². The van der Waals surface area contributed by atoms with Gasteiger partial charge in [-0.2, -0.15) is 0 Å². The van der Waals surface area contributed by atoms with Crippen molar-refractivity contribution in [1.82, 2.24) is 19.9 Å². The molecule has 2 aromatic heterocycles. The molecule has 0 aliphatic heterocycles. The minimum Gasteiger partial charge on any atom is -0.464 e. The van der Waals surface area contributed by atoms with Gasteiger partial charge in [0.2, 0.25) is 5.28 Å². The standard InChI is InChI=1S/C19H25ClN4O4/c1-11-8-21-17(20)23-15(11)13-7-14(16(25)27-6)24(10-13)9-12(2)22-18(26)28-19(3,4)5/h7-8,10,12H,9H2,1-6H3,(H,22,26)/t12-/m1/s1. The van der Waals surface area contributed by atoms with Crippen molar-refractivity contribution in [1.29, 1.82) is 0 Å². The van der Waals surface area contributed by atoms with Crippen molar-refractivity contribution < 1.29 is 19.1 Å². The van der Waals surface area contributed by atoms with Gasteiger partial charge in [-0.1, -0.05) is 0 Å². The molecule has 0 fully saturated rings. The van der Waals surface area contributed by atoms with Crippen molar-refractivity contribution in [3.63, 3.8) is 0 Å². The van der Waals surface area contributed by atoms with Crippen LogP contribution in [0, 0.1) is 6.92 Å². The molecule has 0 saturated carbocycles. The predicted molar refractivity (Wildman–Crippen MR) is 105 cm³/mol. The first-order chi connectivity index (χ1) is 13.0. The maximum Gasteiger partial charge on any atom is 0.407 e. The first-order valence-corrected chi connectivity index (χ1v) is 9.15. The summed E-state index contributed by atoms with van der Waals surface area (Å²) in [7, 11) is 1.31. The lowest BCUT2D eigenvalue weighted by molar-refractivity contribution is 0.0504. The van der Waals surface area contributed by atoms with E-state index in [0.29, 0.717) is 23.5 Å². The molecule has 0 spiro atoms. The van der Waals surface area contributed by atoms with Crippen LogP contribution >= 0.6 is 11.6 Å². The molecule has 0 aliphatic carbocycles. The Balaban J connectivity index is 2.28. The average molecular weight is 409 g/mol. The second-order valence-corrected chi connectivity index (χ2v) is 7.81. The molecule has 0 aliphatic rings. The maximum atomic E-state index is 12.2. The molecule has 2 heterocycles. The van der Waals surface area contributed by atoms with E-state index in [1.54, 1.807) is 43.8 Å². The summed E-state index contributed by atoms with van der Waals surface area (Å²) in [6.45, 7) is 9.38. The fraction of sp³-hybridized carbons (Fsp3) is 0.474. The van der Waals surface area contributed by atoms with E-state index in [-0.39, 0.29) is 11.3 Å². The number of esters is 1. The molecule has 1 atom stereocenters. The van der Waals surface area contributed by atoms with E-state index in [9.17, 15) is 9.59 Å². The van der Waals surface area contributed by atoms with Gasteiger partial charge in [-0.3, -0.25) is 0 Å². The number of hydrogen-bond donors (Lipinski definition) is 1. The number of carbonyl (C=O) groups excluding carboxylic acids is 2.